The summed E-state index contributed by atoms with van der Waals surface area (Å²) in [6, 6.07) is 31.1. The lowest BCUT2D eigenvalue weighted by atomic mass is 9.82. The third-order valence-corrected chi connectivity index (χ3v) is 10.7. The number of aromatic nitrogens is 1. The number of halogens is 2. The number of carbonyl (C=O) groups excluding carboxylic acids is 3. The van der Waals surface area contributed by atoms with Crippen molar-refractivity contribution < 1.29 is 27.9 Å². The van der Waals surface area contributed by atoms with Crippen LogP contribution in [-0.2, 0) is 16.0 Å². The number of hydrogen-bond donors (Lipinski definition) is 2. The number of hydrogen-bond acceptors (Lipinski definition) is 7. The number of nitrogens with one attached hydrogen (secondary N) is 2. The number of fused-ring (bicyclic) bond motifs is 2. The molecule has 0 bridgehead atoms. The number of benzene rings is 4. The quantitative estimate of drug-likeness (QED) is 0.128. The first-order valence-electron chi connectivity index (χ1n) is 20.1. The third kappa shape index (κ3) is 11.7. The van der Waals surface area contributed by atoms with Crippen LogP contribution in [0.2, 0.25) is 0 Å². The molecule has 2 unspecified atom stereocenters. The SMILES string of the molecule is CC.CC1CCC(C(=O)NC(COc2ccc(-c3ccc4nccc(C(=O)NCC=O)c4c3)cc2)Cc2ccc3ccccc3c2)CC1.CN1CC(F)(F)CC1C#N. The second-order valence-corrected chi connectivity index (χ2v) is 15.0. The predicted octanol–water partition coefficient (Wildman–Crippen LogP) is 8.79. The zero-order valence-corrected chi connectivity index (χ0v) is 33.7. The molecule has 9 nitrogen and oxygen atoms in total. The van der Waals surface area contributed by atoms with E-state index in [4.69, 9.17) is 10.00 Å². The number of alkyl halides is 2. The van der Waals surface area contributed by atoms with Gasteiger partial charge in [0.15, 0.2) is 0 Å². The van der Waals surface area contributed by atoms with Crippen LogP contribution in [0, 0.1) is 23.2 Å². The van der Waals surface area contributed by atoms with Crippen molar-refractivity contribution in [1.29, 1.82) is 5.26 Å². The summed E-state index contributed by atoms with van der Waals surface area (Å²) in [4.78, 5) is 42.5. The lowest BCUT2D eigenvalue weighted by molar-refractivity contribution is -0.127. The van der Waals surface area contributed by atoms with E-state index >= 15 is 0 Å². The molecule has 2 heterocycles. The zero-order valence-electron chi connectivity index (χ0n) is 33.7. The minimum Gasteiger partial charge on any atom is -0.491 e. The summed E-state index contributed by atoms with van der Waals surface area (Å²) in [6.07, 6.45) is 6.67. The number of pyridine rings is 1. The summed E-state index contributed by atoms with van der Waals surface area (Å²) < 4.78 is 31.2. The summed E-state index contributed by atoms with van der Waals surface area (Å²) >= 11 is 0. The monoisotopic (exact) mass is 789 g/mol. The number of likely N-dealkylation sites (tertiary alicyclic amines) is 1. The van der Waals surface area contributed by atoms with Crippen molar-refractivity contribution in [2.24, 2.45) is 11.8 Å². The minimum atomic E-state index is -2.66. The molecular formula is C47H53F2N5O4. The lowest BCUT2D eigenvalue weighted by Gasteiger charge is -2.28. The summed E-state index contributed by atoms with van der Waals surface area (Å²) in [5, 5.41) is 17.4. The van der Waals surface area contributed by atoms with Gasteiger partial charge in [0.1, 0.15) is 24.7 Å². The van der Waals surface area contributed by atoms with Crippen LogP contribution in [0.1, 0.15) is 68.8 Å². The molecule has 7 rings (SSSR count). The average molecular weight is 790 g/mol. The third-order valence-electron chi connectivity index (χ3n) is 10.7. The normalized spacial score (nSPS) is 19.0. The molecule has 2 amide bonds. The molecule has 2 N–H and O–H groups in total. The molecule has 1 aliphatic heterocycles. The largest absolute Gasteiger partial charge is 0.491 e. The lowest BCUT2D eigenvalue weighted by Crippen LogP contribution is -2.44. The number of amides is 2. The van der Waals surface area contributed by atoms with Gasteiger partial charge in [0, 0.05) is 23.9 Å². The van der Waals surface area contributed by atoms with Crippen molar-refractivity contribution in [2.45, 2.75) is 77.3 Å². The van der Waals surface area contributed by atoms with Crippen LogP contribution in [0.4, 0.5) is 8.78 Å². The molecule has 1 aliphatic carbocycles. The number of aldehydes is 1. The molecule has 5 aromatic rings. The molecule has 0 radical (unpaired) electrons. The van der Waals surface area contributed by atoms with E-state index in [2.05, 4.69) is 52.9 Å². The second-order valence-electron chi connectivity index (χ2n) is 15.0. The maximum Gasteiger partial charge on any atom is 0.263 e. The standard InChI is InChI=1S/C39H39N3O4.C6H8F2N2.C2H6/c1-26-6-9-30(10-7-26)38(44)42-33(23-27-8-11-28-4-2-3-5-31(28)22-27)25-46-34-15-12-29(13-16-34)32-14-17-37-36(24-32)35(18-19-40-37)39(45)41-20-21-43;1-10-4-6(7,8)2-5(10)3-9;1-2/h2-5,8,11-19,21-22,24,26,30,33H,6-7,9-10,20,23,25H2,1H3,(H,41,45)(H,42,44);5H,2,4H2,1H3;1-2H3. The van der Waals surface area contributed by atoms with Crippen LogP contribution in [0.3, 0.4) is 0 Å². The second kappa shape index (κ2) is 20.6. The fourth-order valence-electron chi connectivity index (χ4n) is 7.46. The Morgan fingerprint density at radius 2 is 1.67 bits per heavy atom. The molecule has 1 saturated heterocycles. The van der Waals surface area contributed by atoms with Gasteiger partial charge in [-0.25, -0.2) is 8.78 Å². The minimum absolute atomic E-state index is 0.0452. The Labute approximate surface area is 339 Å². The Morgan fingerprint density at radius 3 is 2.33 bits per heavy atom. The Kier molecular flexibility index (Phi) is 15.4. The van der Waals surface area contributed by atoms with E-state index in [0.717, 1.165) is 42.4 Å². The van der Waals surface area contributed by atoms with Crippen LogP contribution in [0.25, 0.3) is 32.8 Å². The van der Waals surface area contributed by atoms with Gasteiger partial charge in [0.05, 0.1) is 36.3 Å². The van der Waals surface area contributed by atoms with Crippen LogP contribution in [0.5, 0.6) is 5.75 Å². The Morgan fingerprint density at radius 1 is 0.966 bits per heavy atom. The van der Waals surface area contributed by atoms with Crippen molar-refractivity contribution in [3.8, 4) is 22.9 Å². The van der Waals surface area contributed by atoms with Crippen LogP contribution < -0.4 is 15.4 Å². The maximum atomic E-state index is 13.3. The first-order valence-corrected chi connectivity index (χ1v) is 20.1. The number of nitrogens with zero attached hydrogens (tertiary/aromatic N) is 3. The molecule has 304 valence electrons. The van der Waals surface area contributed by atoms with Crippen molar-refractivity contribution in [3.05, 3.63) is 108 Å². The highest BCUT2D eigenvalue weighted by molar-refractivity contribution is 6.07. The highest BCUT2D eigenvalue weighted by Gasteiger charge is 2.43. The van der Waals surface area contributed by atoms with Crippen molar-refractivity contribution in [2.75, 3.05) is 26.7 Å². The number of rotatable bonds is 11. The van der Waals surface area contributed by atoms with Crippen LogP contribution in [-0.4, -0.2) is 72.7 Å². The van der Waals surface area contributed by atoms with Gasteiger partial charge in [0.25, 0.3) is 11.8 Å². The van der Waals surface area contributed by atoms with Crippen molar-refractivity contribution in [1.82, 2.24) is 20.5 Å². The van der Waals surface area contributed by atoms with Gasteiger partial charge >= 0.3 is 0 Å². The van der Waals surface area contributed by atoms with E-state index < -0.39 is 12.0 Å². The molecule has 0 spiro atoms. The molecule has 2 fully saturated rings. The Balaban J connectivity index is 0.000000463. The first kappa shape index (κ1) is 43.4. The van der Waals surface area contributed by atoms with Gasteiger partial charge in [-0.1, -0.05) is 81.4 Å². The van der Waals surface area contributed by atoms with E-state index in [1.807, 2.05) is 74.5 Å². The number of ether oxygens (including phenoxy) is 1. The van der Waals surface area contributed by atoms with Crippen molar-refractivity contribution >= 4 is 39.8 Å². The average Bonchev–Trinajstić information content (AvgIpc) is 3.53. The van der Waals surface area contributed by atoms with Gasteiger partial charge in [-0.05, 0) is 103 Å². The number of nitriles is 1. The van der Waals surface area contributed by atoms with Gasteiger partial charge in [0.2, 0.25) is 5.91 Å². The zero-order chi connectivity index (χ0) is 41.7. The smallest absolute Gasteiger partial charge is 0.263 e. The van der Waals surface area contributed by atoms with Crippen LogP contribution >= 0.6 is 0 Å². The topological polar surface area (TPSA) is 124 Å². The fraction of sp³-hybridized carbons (Fsp3) is 0.383. The van der Waals surface area contributed by atoms with E-state index in [1.165, 1.54) is 22.7 Å². The molecule has 2 aliphatic rings. The van der Waals surface area contributed by atoms with Crippen molar-refractivity contribution in [3.63, 3.8) is 0 Å². The molecule has 1 aromatic heterocycles. The van der Waals surface area contributed by atoms with Crippen LogP contribution in [0.15, 0.2) is 97.2 Å². The highest BCUT2D eigenvalue weighted by atomic mass is 19.3. The van der Waals surface area contributed by atoms with E-state index in [9.17, 15) is 23.2 Å². The summed E-state index contributed by atoms with van der Waals surface area (Å²) in [7, 11) is 1.54. The highest BCUT2D eigenvalue weighted by Crippen LogP contribution is 2.31. The van der Waals surface area contributed by atoms with Gasteiger partial charge in [-0.3, -0.25) is 19.5 Å². The fourth-order valence-corrected chi connectivity index (χ4v) is 7.46. The molecule has 1 saturated carbocycles. The molecule has 11 heteroatoms. The van der Waals surface area contributed by atoms with E-state index in [1.54, 1.807) is 12.3 Å². The first-order chi connectivity index (χ1) is 28.0. The predicted molar refractivity (Wildman–Crippen MR) is 225 cm³/mol. The van der Waals surface area contributed by atoms with Gasteiger partial charge in [-0.2, -0.15) is 5.26 Å². The van der Waals surface area contributed by atoms with E-state index in [-0.39, 0.29) is 43.3 Å². The molecule has 4 aromatic carbocycles. The van der Waals surface area contributed by atoms with Gasteiger partial charge < -0.3 is 20.2 Å². The number of carbonyl (C=O) groups is 3. The molecular weight excluding hydrogens is 737 g/mol. The van der Waals surface area contributed by atoms with Gasteiger partial charge in [-0.15, -0.1) is 0 Å². The van der Waals surface area contributed by atoms with E-state index in [0.29, 0.717) is 47.4 Å². The summed E-state index contributed by atoms with van der Waals surface area (Å²) in [5.41, 5.74) is 4.22. The summed E-state index contributed by atoms with van der Waals surface area (Å²) in [6.45, 7) is 6.28. The maximum absolute atomic E-state index is 13.3. The molecule has 2 atom stereocenters. The Bertz CT molecular complexity index is 2200. The summed E-state index contributed by atoms with van der Waals surface area (Å²) in [5.74, 6) is -1.39. The Hall–Kier alpha value is -5.73. The molecule has 58 heavy (non-hydrogen) atoms.